The summed E-state index contributed by atoms with van der Waals surface area (Å²) in [4.78, 5) is 16.0. The average molecular weight is 372 g/mol. The van der Waals surface area contributed by atoms with Crippen molar-refractivity contribution in [2.75, 3.05) is 18.5 Å². The minimum Gasteiger partial charge on any atom is -0.478 e. The van der Waals surface area contributed by atoms with Gasteiger partial charge in [0.15, 0.2) is 0 Å². The van der Waals surface area contributed by atoms with Crippen LogP contribution in [0.5, 0.6) is 5.88 Å². The molecule has 0 unspecified atom stereocenters. The molecule has 1 amide bonds. The van der Waals surface area contributed by atoms with E-state index in [1.165, 1.54) is 0 Å². The van der Waals surface area contributed by atoms with Crippen LogP contribution in [-0.2, 0) is 14.8 Å². The van der Waals surface area contributed by atoms with Crippen LogP contribution in [-0.4, -0.2) is 37.7 Å². The highest BCUT2D eigenvalue weighted by Crippen LogP contribution is 2.12. The second-order valence-electron chi connectivity index (χ2n) is 6.08. The Morgan fingerprint density at radius 1 is 1.24 bits per heavy atom. The molecular weight excluding hydrogens is 342 g/mol. The standard InChI is InChI=1S/C17H29N3O4S/c1-4-5-12-24-17-10-9-15(13-18-17)20-16(21)8-6-7-11-19-25(22,23)14(2)3/h9-10,13-14,19H,4-8,11-12H2,1-3H3,(H,20,21). The van der Waals surface area contributed by atoms with Gasteiger partial charge < -0.3 is 10.1 Å². The number of amides is 1. The fraction of sp³-hybridized carbons (Fsp3) is 0.647. The zero-order valence-corrected chi connectivity index (χ0v) is 16.1. The normalized spacial score (nSPS) is 11.5. The van der Waals surface area contributed by atoms with Gasteiger partial charge in [-0.2, -0.15) is 0 Å². The summed E-state index contributed by atoms with van der Waals surface area (Å²) < 4.78 is 31.1. The number of rotatable bonds is 12. The number of aromatic nitrogens is 1. The van der Waals surface area contributed by atoms with Gasteiger partial charge in [-0.1, -0.05) is 13.3 Å². The summed E-state index contributed by atoms with van der Waals surface area (Å²) in [5.74, 6) is 0.428. The van der Waals surface area contributed by atoms with E-state index in [2.05, 4.69) is 21.9 Å². The van der Waals surface area contributed by atoms with Crippen LogP contribution in [0.4, 0.5) is 5.69 Å². The lowest BCUT2D eigenvalue weighted by atomic mass is 10.2. The number of nitrogens with one attached hydrogen (secondary N) is 2. The van der Waals surface area contributed by atoms with Crippen LogP contribution >= 0.6 is 0 Å². The van der Waals surface area contributed by atoms with Crippen molar-refractivity contribution in [3.05, 3.63) is 18.3 Å². The molecule has 0 aliphatic carbocycles. The van der Waals surface area contributed by atoms with E-state index in [-0.39, 0.29) is 5.91 Å². The third kappa shape index (κ3) is 8.83. The van der Waals surface area contributed by atoms with Crippen LogP contribution < -0.4 is 14.8 Å². The van der Waals surface area contributed by atoms with Crippen molar-refractivity contribution in [2.45, 2.75) is 58.1 Å². The third-order valence-corrected chi connectivity index (χ3v) is 5.37. The van der Waals surface area contributed by atoms with E-state index in [0.29, 0.717) is 44.0 Å². The summed E-state index contributed by atoms with van der Waals surface area (Å²) in [6.07, 6.45) is 5.16. The Morgan fingerprint density at radius 2 is 2.00 bits per heavy atom. The summed E-state index contributed by atoms with van der Waals surface area (Å²) in [6.45, 7) is 6.33. The first-order chi connectivity index (χ1) is 11.8. The van der Waals surface area contributed by atoms with Crippen molar-refractivity contribution in [2.24, 2.45) is 0 Å². The molecule has 0 atom stereocenters. The van der Waals surface area contributed by atoms with Gasteiger partial charge in [-0.25, -0.2) is 18.1 Å². The Kier molecular flexibility index (Phi) is 9.44. The van der Waals surface area contributed by atoms with Gasteiger partial charge in [-0.15, -0.1) is 0 Å². The maximum atomic E-state index is 11.9. The number of anilines is 1. The van der Waals surface area contributed by atoms with Gasteiger partial charge in [0.25, 0.3) is 0 Å². The lowest BCUT2D eigenvalue weighted by Crippen LogP contribution is -2.31. The van der Waals surface area contributed by atoms with Crippen molar-refractivity contribution in [3.8, 4) is 5.88 Å². The van der Waals surface area contributed by atoms with Crippen molar-refractivity contribution >= 4 is 21.6 Å². The third-order valence-electron chi connectivity index (χ3n) is 3.52. The summed E-state index contributed by atoms with van der Waals surface area (Å²) in [5, 5.41) is 2.32. The molecule has 142 valence electrons. The van der Waals surface area contributed by atoms with Crippen LogP contribution in [0.15, 0.2) is 18.3 Å². The molecule has 0 aliphatic heterocycles. The van der Waals surface area contributed by atoms with Gasteiger partial charge in [0.05, 0.1) is 23.7 Å². The minimum absolute atomic E-state index is 0.117. The number of unbranched alkanes of at least 4 members (excludes halogenated alkanes) is 2. The van der Waals surface area contributed by atoms with Crippen LogP contribution in [0.3, 0.4) is 0 Å². The number of hydrogen-bond acceptors (Lipinski definition) is 5. The molecule has 0 fully saturated rings. The van der Waals surface area contributed by atoms with Crippen molar-refractivity contribution < 1.29 is 17.9 Å². The molecule has 0 bridgehead atoms. The van der Waals surface area contributed by atoms with Crippen molar-refractivity contribution in [3.63, 3.8) is 0 Å². The Balaban J connectivity index is 2.24. The number of carbonyl (C=O) groups is 1. The van der Waals surface area contributed by atoms with Gasteiger partial charge in [0.1, 0.15) is 0 Å². The van der Waals surface area contributed by atoms with Gasteiger partial charge in [-0.3, -0.25) is 4.79 Å². The molecule has 7 nitrogen and oxygen atoms in total. The first-order valence-corrected chi connectivity index (χ1v) is 10.3. The minimum atomic E-state index is -3.23. The van der Waals surface area contributed by atoms with E-state index in [1.807, 2.05) is 0 Å². The molecule has 8 heteroatoms. The lowest BCUT2D eigenvalue weighted by molar-refractivity contribution is -0.116. The van der Waals surface area contributed by atoms with E-state index in [9.17, 15) is 13.2 Å². The molecule has 2 N–H and O–H groups in total. The second kappa shape index (κ2) is 11.0. The zero-order valence-electron chi connectivity index (χ0n) is 15.2. The van der Waals surface area contributed by atoms with E-state index in [1.54, 1.807) is 32.2 Å². The molecular formula is C17H29N3O4S. The predicted molar refractivity (Wildman–Crippen MR) is 99.2 cm³/mol. The largest absolute Gasteiger partial charge is 0.478 e. The predicted octanol–water partition coefficient (Wildman–Crippen LogP) is 2.70. The summed E-state index contributed by atoms with van der Waals surface area (Å²) >= 11 is 0. The topological polar surface area (TPSA) is 97.4 Å². The first kappa shape index (κ1) is 21.4. The van der Waals surface area contributed by atoms with Crippen LogP contribution in [0, 0.1) is 0 Å². The molecule has 1 heterocycles. The molecule has 1 aromatic rings. The Bertz CT molecular complexity index is 615. The monoisotopic (exact) mass is 371 g/mol. The Hall–Kier alpha value is -1.67. The summed E-state index contributed by atoms with van der Waals surface area (Å²) in [7, 11) is -3.23. The molecule has 0 saturated carbocycles. The maximum Gasteiger partial charge on any atom is 0.224 e. The molecule has 25 heavy (non-hydrogen) atoms. The highest BCUT2D eigenvalue weighted by atomic mass is 32.2. The number of pyridine rings is 1. The zero-order chi connectivity index (χ0) is 18.7. The average Bonchev–Trinajstić information content (AvgIpc) is 2.56. The molecule has 0 spiro atoms. The second-order valence-corrected chi connectivity index (χ2v) is 8.40. The Labute approximate surface area is 150 Å². The number of nitrogens with zero attached hydrogens (tertiary/aromatic N) is 1. The molecule has 0 radical (unpaired) electrons. The number of ether oxygens (including phenoxy) is 1. The van der Waals surface area contributed by atoms with Crippen LogP contribution in [0.25, 0.3) is 0 Å². The van der Waals surface area contributed by atoms with E-state index >= 15 is 0 Å². The van der Waals surface area contributed by atoms with E-state index in [4.69, 9.17) is 4.74 Å². The Morgan fingerprint density at radius 3 is 2.60 bits per heavy atom. The van der Waals surface area contributed by atoms with Crippen LogP contribution in [0.2, 0.25) is 0 Å². The van der Waals surface area contributed by atoms with Crippen LogP contribution in [0.1, 0.15) is 52.9 Å². The molecule has 0 aromatic carbocycles. The SMILES string of the molecule is CCCCOc1ccc(NC(=O)CCCCNS(=O)(=O)C(C)C)cn1. The van der Waals surface area contributed by atoms with E-state index in [0.717, 1.165) is 12.8 Å². The fourth-order valence-electron chi connectivity index (χ4n) is 1.88. The summed E-state index contributed by atoms with van der Waals surface area (Å²) in [6, 6.07) is 3.48. The van der Waals surface area contributed by atoms with Crippen molar-refractivity contribution in [1.82, 2.24) is 9.71 Å². The van der Waals surface area contributed by atoms with Gasteiger partial charge >= 0.3 is 0 Å². The first-order valence-electron chi connectivity index (χ1n) is 8.72. The summed E-state index contributed by atoms with van der Waals surface area (Å²) in [5.41, 5.74) is 0.619. The highest BCUT2D eigenvalue weighted by Gasteiger charge is 2.14. The van der Waals surface area contributed by atoms with Crippen molar-refractivity contribution in [1.29, 1.82) is 0 Å². The number of carbonyl (C=O) groups excluding carboxylic acids is 1. The lowest BCUT2D eigenvalue weighted by Gasteiger charge is -2.09. The molecule has 1 rings (SSSR count). The molecule has 0 saturated heterocycles. The smallest absolute Gasteiger partial charge is 0.224 e. The highest BCUT2D eigenvalue weighted by molar-refractivity contribution is 7.90. The quantitative estimate of drug-likeness (QED) is 0.551. The van der Waals surface area contributed by atoms with Gasteiger partial charge in [0, 0.05) is 19.0 Å². The number of hydrogen-bond donors (Lipinski definition) is 2. The maximum absolute atomic E-state index is 11.9. The van der Waals surface area contributed by atoms with Gasteiger partial charge in [-0.05, 0) is 39.2 Å². The van der Waals surface area contributed by atoms with Gasteiger partial charge in [0.2, 0.25) is 21.8 Å². The van der Waals surface area contributed by atoms with E-state index < -0.39 is 15.3 Å². The molecule has 0 aliphatic rings. The molecule has 1 aromatic heterocycles. The fourth-order valence-corrected chi connectivity index (χ4v) is 2.64. The number of sulfonamides is 1.